The van der Waals surface area contributed by atoms with Gasteiger partial charge < -0.3 is 19.2 Å². The van der Waals surface area contributed by atoms with Gasteiger partial charge in [-0.25, -0.2) is 4.98 Å². The van der Waals surface area contributed by atoms with Crippen LogP contribution in [-0.4, -0.2) is 34.1 Å². The number of carbonyl (C=O) groups excluding carboxylic acids is 1. The van der Waals surface area contributed by atoms with Crippen molar-refractivity contribution in [1.82, 2.24) is 20.4 Å². The molecule has 4 heterocycles. The molecular formula is C22H25N5O3. The van der Waals surface area contributed by atoms with Crippen LogP contribution >= 0.6 is 0 Å². The molecule has 1 saturated carbocycles. The maximum Gasteiger partial charge on any atom is 0.230 e. The van der Waals surface area contributed by atoms with Crippen LogP contribution in [0, 0.1) is 5.92 Å². The van der Waals surface area contributed by atoms with Crippen LogP contribution in [0.5, 0.6) is 0 Å². The van der Waals surface area contributed by atoms with Crippen LogP contribution in [0.2, 0.25) is 0 Å². The first-order valence-electron chi connectivity index (χ1n) is 10.6. The lowest BCUT2D eigenvalue weighted by Crippen LogP contribution is -2.43. The molecule has 1 saturated heterocycles. The van der Waals surface area contributed by atoms with E-state index in [1.54, 1.807) is 12.5 Å². The van der Waals surface area contributed by atoms with Crippen molar-refractivity contribution >= 4 is 11.7 Å². The predicted octanol–water partition coefficient (Wildman–Crippen LogP) is 3.52. The van der Waals surface area contributed by atoms with Crippen LogP contribution in [0.3, 0.4) is 0 Å². The summed E-state index contributed by atoms with van der Waals surface area (Å²) in [7, 11) is 0. The van der Waals surface area contributed by atoms with Crippen molar-refractivity contribution in [2.45, 2.75) is 44.6 Å². The molecule has 0 aromatic carbocycles. The van der Waals surface area contributed by atoms with Crippen LogP contribution in [0.1, 0.15) is 49.7 Å². The lowest BCUT2D eigenvalue weighted by molar-refractivity contribution is -0.125. The monoisotopic (exact) mass is 407 g/mol. The third-order valence-corrected chi connectivity index (χ3v) is 6.03. The molecule has 3 aromatic heterocycles. The third-order valence-electron chi connectivity index (χ3n) is 6.03. The lowest BCUT2D eigenvalue weighted by Gasteiger charge is -2.33. The lowest BCUT2D eigenvalue weighted by atomic mass is 9.85. The number of furan rings is 1. The number of nitrogens with one attached hydrogen (secondary N) is 1. The van der Waals surface area contributed by atoms with E-state index >= 15 is 0 Å². The maximum atomic E-state index is 12.7. The van der Waals surface area contributed by atoms with Crippen LogP contribution < -0.4 is 10.2 Å². The Morgan fingerprint density at radius 3 is 2.93 bits per heavy atom. The van der Waals surface area contributed by atoms with Crippen LogP contribution in [-0.2, 0) is 11.3 Å². The van der Waals surface area contributed by atoms with Gasteiger partial charge >= 0.3 is 0 Å². The van der Waals surface area contributed by atoms with Crippen LogP contribution in [0.25, 0.3) is 11.4 Å². The number of pyridine rings is 1. The number of amides is 1. The van der Waals surface area contributed by atoms with Gasteiger partial charge in [-0.3, -0.25) is 4.79 Å². The number of hydrogen-bond acceptors (Lipinski definition) is 7. The third kappa shape index (κ3) is 3.81. The maximum absolute atomic E-state index is 12.7. The number of carbonyl (C=O) groups is 1. The normalized spacial score (nSPS) is 19.5. The fourth-order valence-corrected chi connectivity index (χ4v) is 4.10. The molecule has 1 atom stereocenters. The highest BCUT2D eigenvalue weighted by Gasteiger charge is 2.30. The van der Waals surface area contributed by atoms with Gasteiger partial charge in [-0.15, -0.1) is 0 Å². The molecule has 1 aliphatic heterocycles. The molecule has 1 N–H and O–H groups in total. The van der Waals surface area contributed by atoms with Crippen molar-refractivity contribution in [3.05, 3.63) is 48.4 Å². The van der Waals surface area contributed by atoms with E-state index in [0.717, 1.165) is 55.3 Å². The fourth-order valence-electron chi connectivity index (χ4n) is 4.10. The molecular weight excluding hydrogens is 382 g/mol. The SMILES string of the molecule is O=C(NCc1ccco1)C1CCCN(c2ncccc2-c2noc(C3CCC3)n2)C1. The summed E-state index contributed by atoms with van der Waals surface area (Å²) >= 11 is 0. The summed E-state index contributed by atoms with van der Waals surface area (Å²) in [6, 6.07) is 7.53. The molecule has 8 nitrogen and oxygen atoms in total. The van der Waals surface area contributed by atoms with E-state index in [1.807, 2.05) is 24.3 Å². The van der Waals surface area contributed by atoms with Crippen molar-refractivity contribution in [2.75, 3.05) is 18.0 Å². The molecule has 1 unspecified atom stereocenters. The standard InChI is InChI=1S/C22H25N5O3/c28-21(24-13-17-8-4-12-29-17)16-7-3-11-27(14-16)20-18(9-2-10-23-20)19-25-22(30-26-19)15-5-1-6-15/h2,4,8-10,12,15-16H,1,3,5-7,11,13-14H2,(H,24,28). The number of nitrogens with zero attached hydrogens (tertiary/aromatic N) is 4. The van der Waals surface area contributed by atoms with E-state index in [1.165, 1.54) is 6.42 Å². The van der Waals surface area contributed by atoms with Crippen molar-refractivity contribution in [3.8, 4) is 11.4 Å². The Hall–Kier alpha value is -3.16. The summed E-state index contributed by atoms with van der Waals surface area (Å²) in [6.07, 6.45) is 8.61. The molecule has 8 heteroatoms. The highest BCUT2D eigenvalue weighted by Crippen LogP contribution is 2.37. The molecule has 3 aromatic rings. The zero-order valence-corrected chi connectivity index (χ0v) is 16.8. The number of aromatic nitrogens is 3. The quantitative estimate of drug-likeness (QED) is 0.667. The molecule has 5 rings (SSSR count). The average Bonchev–Trinajstić information content (AvgIpc) is 3.43. The van der Waals surface area contributed by atoms with Gasteiger partial charge in [-0.1, -0.05) is 11.6 Å². The van der Waals surface area contributed by atoms with E-state index in [0.29, 0.717) is 24.8 Å². The Balaban J connectivity index is 1.30. The Morgan fingerprint density at radius 1 is 1.20 bits per heavy atom. The minimum atomic E-state index is -0.0978. The van der Waals surface area contributed by atoms with Crippen LogP contribution in [0.15, 0.2) is 45.7 Å². The first-order chi connectivity index (χ1) is 14.8. The van der Waals surface area contributed by atoms with E-state index in [9.17, 15) is 4.79 Å². The zero-order valence-electron chi connectivity index (χ0n) is 16.8. The summed E-state index contributed by atoms with van der Waals surface area (Å²) in [5.41, 5.74) is 0.850. The Bertz CT molecular complexity index is 996. The predicted molar refractivity (Wildman–Crippen MR) is 110 cm³/mol. The highest BCUT2D eigenvalue weighted by atomic mass is 16.5. The van der Waals surface area contributed by atoms with E-state index in [2.05, 4.69) is 25.3 Å². The average molecular weight is 407 g/mol. The Morgan fingerprint density at radius 2 is 2.13 bits per heavy atom. The molecule has 2 aliphatic rings. The first-order valence-corrected chi connectivity index (χ1v) is 10.6. The summed E-state index contributed by atoms with van der Waals surface area (Å²) in [5.74, 6) is 3.19. The van der Waals surface area contributed by atoms with Crippen molar-refractivity contribution < 1.29 is 13.7 Å². The van der Waals surface area contributed by atoms with Crippen molar-refractivity contribution in [1.29, 1.82) is 0 Å². The van der Waals surface area contributed by atoms with Gasteiger partial charge in [0, 0.05) is 25.2 Å². The largest absolute Gasteiger partial charge is 0.467 e. The van der Waals surface area contributed by atoms with Gasteiger partial charge in [0.05, 0.1) is 24.3 Å². The molecule has 1 aliphatic carbocycles. The van der Waals surface area contributed by atoms with E-state index < -0.39 is 0 Å². The minimum Gasteiger partial charge on any atom is -0.467 e. The van der Waals surface area contributed by atoms with Gasteiger partial charge in [0.1, 0.15) is 11.6 Å². The van der Waals surface area contributed by atoms with E-state index in [-0.39, 0.29) is 11.8 Å². The molecule has 0 spiro atoms. The summed E-state index contributed by atoms with van der Waals surface area (Å²) < 4.78 is 10.8. The highest BCUT2D eigenvalue weighted by molar-refractivity contribution is 5.80. The molecule has 0 radical (unpaired) electrons. The molecule has 1 amide bonds. The number of anilines is 1. The minimum absolute atomic E-state index is 0.0420. The fraction of sp³-hybridized carbons (Fsp3) is 0.455. The number of rotatable bonds is 6. The van der Waals surface area contributed by atoms with Gasteiger partial charge in [0.25, 0.3) is 0 Å². The molecule has 2 fully saturated rings. The number of hydrogen-bond donors (Lipinski definition) is 1. The van der Waals surface area contributed by atoms with Gasteiger partial charge in [-0.05, 0) is 49.9 Å². The van der Waals surface area contributed by atoms with E-state index in [4.69, 9.17) is 8.94 Å². The molecule has 30 heavy (non-hydrogen) atoms. The summed E-state index contributed by atoms with van der Waals surface area (Å²) in [4.78, 5) is 24.1. The molecule has 156 valence electrons. The Kier molecular flexibility index (Phi) is 5.21. The molecule has 0 bridgehead atoms. The topological polar surface area (TPSA) is 97.3 Å². The second-order valence-electron chi connectivity index (χ2n) is 8.04. The van der Waals surface area contributed by atoms with Crippen molar-refractivity contribution in [3.63, 3.8) is 0 Å². The smallest absolute Gasteiger partial charge is 0.230 e. The van der Waals surface area contributed by atoms with Gasteiger partial charge in [-0.2, -0.15) is 4.98 Å². The Labute approximate surface area is 174 Å². The first kappa shape index (κ1) is 18.8. The second kappa shape index (κ2) is 8.30. The van der Waals surface area contributed by atoms with Gasteiger partial charge in [0.2, 0.25) is 17.6 Å². The zero-order chi connectivity index (χ0) is 20.3. The van der Waals surface area contributed by atoms with Crippen LogP contribution in [0.4, 0.5) is 5.82 Å². The number of piperidine rings is 1. The second-order valence-corrected chi connectivity index (χ2v) is 8.04. The van der Waals surface area contributed by atoms with Gasteiger partial charge in [0.15, 0.2) is 0 Å². The summed E-state index contributed by atoms with van der Waals surface area (Å²) in [5, 5.41) is 7.20. The van der Waals surface area contributed by atoms with Crippen molar-refractivity contribution in [2.24, 2.45) is 5.92 Å². The summed E-state index contributed by atoms with van der Waals surface area (Å²) in [6.45, 7) is 1.87.